The van der Waals surface area contributed by atoms with Crippen LogP contribution in [0.2, 0.25) is 5.02 Å². The smallest absolute Gasteiger partial charge is 0.191 e. The van der Waals surface area contributed by atoms with Gasteiger partial charge in [-0.25, -0.2) is 0 Å². The van der Waals surface area contributed by atoms with Gasteiger partial charge in [0.2, 0.25) is 0 Å². The third-order valence-electron chi connectivity index (χ3n) is 5.61. The molecule has 2 fully saturated rings. The van der Waals surface area contributed by atoms with Crippen molar-refractivity contribution in [2.45, 2.75) is 32.2 Å². The number of rotatable bonds is 9. The van der Waals surface area contributed by atoms with Crippen molar-refractivity contribution >= 4 is 23.2 Å². The molecule has 2 saturated heterocycles. The summed E-state index contributed by atoms with van der Waals surface area (Å²) in [6.07, 6.45) is 3.33. The number of hydrogen-bond donors (Lipinski definition) is 2. The van der Waals surface area contributed by atoms with Crippen LogP contribution in [0.3, 0.4) is 0 Å². The minimum absolute atomic E-state index is 0.347. The predicted octanol–water partition coefficient (Wildman–Crippen LogP) is 2.59. The summed E-state index contributed by atoms with van der Waals surface area (Å²) >= 11 is 6.21. The zero-order valence-electron chi connectivity index (χ0n) is 18.3. The first kappa shape index (κ1) is 23.0. The van der Waals surface area contributed by atoms with E-state index in [9.17, 15) is 0 Å². The number of hydrogen-bond acceptors (Lipinski definition) is 5. The lowest BCUT2D eigenvalue weighted by Gasteiger charge is -2.26. The highest BCUT2D eigenvalue weighted by Crippen LogP contribution is 2.33. The average molecular weight is 438 g/mol. The fourth-order valence-corrected chi connectivity index (χ4v) is 4.15. The molecule has 0 bridgehead atoms. The van der Waals surface area contributed by atoms with Gasteiger partial charge < -0.3 is 25.0 Å². The van der Waals surface area contributed by atoms with Crippen LogP contribution in [-0.4, -0.2) is 83.0 Å². The standard InChI is InChI=1S/C22H36ClN5O2/c1-3-24-22(25-9-4-5-10-27-12-14-30-15-13-27)26-19-8-11-28(17-19)20-16-18(23)6-7-21(20)29-2/h6-7,16,19H,3-5,8-15,17H2,1-2H3,(H2,24,25,26). The van der Waals surface area contributed by atoms with E-state index in [-0.39, 0.29) is 0 Å². The molecule has 0 saturated carbocycles. The van der Waals surface area contributed by atoms with Crippen LogP contribution in [0.15, 0.2) is 23.2 Å². The van der Waals surface area contributed by atoms with Gasteiger partial charge in [0, 0.05) is 50.3 Å². The number of guanidine groups is 1. The van der Waals surface area contributed by atoms with Crippen LogP contribution in [-0.2, 0) is 4.74 Å². The minimum atomic E-state index is 0.347. The van der Waals surface area contributed by atoms with Crippen LogP contribution < -0.4 is 20.3 Å². The maximum atomic E-state index is 6.21. The average Bonchev–Trinajstić information content (AvgIpc) is 3.22. The molecule has 168 valence electrons. The Morgan fingerprint density at radius 1 is 1.27 bits per heavy atom. The number of anilines is 1. The molecule has 1 aromatic carbocycles. The molecule has 30 heavy (non-hydrogen) atoms. The molecule has 2 aliphatic heterocycles. The summed E-state index contributed by atoms with van der Waals surface area (Å²) in [6.45, 7) is 10.7. The van der Waals surface area contributed by atoms with E-state index >= 15 is 0 Å². The maximum absolute atomic E-state index is 6.21. The molecule has 3 rings (SSSR count). The number of methoxy groups -OCH3 is 1. The maximum Gasteiger partial charge on any atom is 0.191 e. The van der Waals surface area contributed by atoms with Crippen LogP contribution in [0.25, 0.3) is 0 Å². The molecule has 2 heterocycles. The number of morpholine rings is 1. The Hall–Kier alpha value is -1.70. The number of benzene rings is 1. The summed E-state index contributed by atoms with van der Waals surface area (Å²) < 4.78 is 10.9. The predicted molar refractivity (Wildman–Crippen MR) is 124 cm³/mol. The molecule has 1 aromatic rings. The zero-order valence-corrected chi connectivity index (χ0v) is 19.1. The third kappa shape index (κ3) is 6.93. The molecule has 0 amide bonds. The van der Waals surface area contributed by atoms with Crippen LogP contribution in [0.1, 0.15) is 26.2 Å². The first-order valence-corrected chi connectivity index (χ1v) is 11.5. The highest BCUT2D eigenvalue weighted by Gasteiger charge is 2.25. The second-order valence-electron chi connectivity index (χ2n) is 7.81. The molecule has 2 N–H and O–H groups in total. The molecule has 0 spiro atoms. The Morgan fingerprint density at radius 2 is 2.10 bits per heavy atom. The van der Waals surface area contributed by atoms with E-state index in [1.807, 2.05) is 18.2 Å². The second-order valence-corrected chi connectivity index (χ2v) is 8.25. The van der Waals surface area contributed by atoms with Crippen LogP contribution >= 0.6 is 11.6 Å². The van der Waals surface area contributed by atoms with Gasteiger partial charge >= 0.3 is 0 Å². The lowest BCUT2D eigenvalue weighted by atomic mass is 10.2. The lowest BCUT2D eigenvalue weighted by molar-refractivity contribution is 0.0373. The molecule has 1 unspecified atom stereocenters. The number of unbranched alkanes of at least 4 members (excludes halogenated alkanes) is 1. The van der Waals surface area contributed by atoms with E-state index in [4.69, 9.17) is 26.1 Å². The topological polar surface area (TPSA) is 61.4 Å². The Balaban J connectivity index is 1.45. The molecule has 0 aromatic heterocycles. The monoisotopic (exact) mass is 437 g/mol. The Morgan fingerprint density at radius 3 is 2.87 bits per heavy atom. The zero-order chi connectivity index (χ0) is 21.2. The summed E-state index contributed by atoms with van der Waals surface area (Å²) in [4.78, 5) is 9.60. The second kappa shape index (κ2) is 12.2. The van der Waals surface area contributed by atoms with Crippen LogP contribution in [0, 0.1) is 0 Å². The van der Waals surface area contributed by atoms with Crippen molar-refractivity contribution in [1.82, 2.24) is 15.5 Å². The molecule has 0 radical (unpaired) electrons. The number of nitrogens with one attached hydrogen (secondary N) is 2. The van der Waals surface area contributed by atoms with Crippen molar-refractivity contribution in [3.8, 4) is 5.75 Å². The van der Waals surface area contributed by atoms with E-state index in [2.05, 4.69) is 27.4 Å². The van der Waals surface area contributed by atoms with Crippen LogP contribution in [0.5, 0.6) is 5.75 Å². The van der Waals surface area contributed by atoms with Crippen molar-refractivity contribution < 1.29 is 9.47 Å². The van der Waals surface area contributed by atoms with E-state index in [0.29, 0.717) is 6.04 Å². The number of halogens is 1. The quantitative estimate of drug-likeness (QED) is 0.352. The molecule has 2 aliphatic rings. The molecular weight excluding hydrogens is 402 g/mol. The van der Waals surface area contributed by atoms with Crippen LogP contribution in [0.4, 0.5) is 5.69 Å². The minimum Gasteiger partial charge on any atom is -0.495 e. The van der Waals surface area contributed by atoms with Crippen molar-refractivity contribution in [2.75, 3.05) is 71.0 Å². The van der Waals surface area contributed by atoms with E-state index in [1.54, 1.807) is 7.11 Å². The lowest BCUT2D eigenvalue weighted by Crippen LogP contribution is -2.44. The summed E-state index contributed by atoms with van der Waals surface area (Å²) in [7, 11) is 1.70. The van der Waals surface area contributed by atoms with Gasteiger partial charge in [-0.2, -0.15) is 0 Å². The number of ether oxygens (including phenoxy) is 2. The summed E-state index contributed by atoms with van der Waals surface area (Å²) in [6, 6.07) is 6.13. The fourth-order valence-electron chi connectivity index (χ4n) is 3.98. The van der Waals surface area contributed by atoms with Crippen molar-refractivity contribution in [3.63, 3.8) is 0 Å². The Kier molecular flexibility index (Phi) is 9.36. The van der Waals surface area contributed by atoms with Gasteiger partial charge in [0.1, 0.15) is 5.75 Å². The van der Waals surface area contributed by atoms with Gasteiger partial charge in [-0.15, -0.1) is 0 Å². The molecule has 1 atom stereocenters. The summed E-state index contributed by atoms with van der Waals surface area (Å²) in [5.74, 6) is 1.77. The van der Waals surface area contributed by atoms with Gasteiger partial charge in [-0.05, 0) is 50.9 Å². The Bertz CT molecular complexity index is 681. The summed E-state index contributed by atoms with van der Waals surface area (Å²) in [5.41, 5.74) is 1.05. The normalized spacial score (nSPS) is 20.4. The van der Waals surface area contributed by atoms with E-state index < -0.39 is 0 Å². The summed E-state index contributed by atoms with van der Waals surface area (Å²) in [5, 5.41) is 7.72. The van der Waals surface area contributed by atoms with Gasteiger partial charge in [0.15, 0.2) is 5.96 Å². The highest BCUT2D eigenvalue weighted by molar-refractivity contribution is 6.30. The first-order chi connectivity index (χ1) is 14.7. The van der Waals surface area contributed by atoms with Crippen molar-refractivity contribution in [2.24, 2.45) is 4.99 Å². The fraction of sp³-hybridized carbons (Fsp3) is 0.682. The van der Waals surface area contributed by atoms with Gasteiger partial charge in [0.05, 0.1) is 26.0 Å². The Labute approximate surface area is 185 Å². The highest BCUT2D eigenvalue weighted by atomic mass is 35.5. The van der Waals surface area contributed by atoms with Crippen molar-refractivity contribution in [3.05, 3.63) is 23.2 Å². The largest absolute Gasteiger partial charge is 0.495 e. The number of nitrogens with zero attached hydrogens (tertiary/aromatic N) is 3. The van der Waals surface area contributed by atoms with Gasteiger partial charge in [-0.1, -0.05) is 11.6 Å². The van der Waals surface area contributed by atoms with Gasteiger partial charge in [0.25, 0.3) is 0 Å². The molecular formula is C22H36ClN5O2. The number of aliphatic imine (C=N–C) groups is 1. The van der Waals surface area contributed by atoms with E-state index in [0.717, 1.165) is 94.3 Å². The molecule has 0 aliphatic carbocycles. The first-order valence-electron chi connectivity index (χ1n) is 11.1. The third-order valence-corrected chi connectivity index (χ3v) is 5.85. The van der Waals surface area contributed by atoms with Crippen molar-refractivity contribution in [1.29, 1.82) is 0 Å². The molecule has 7 nitrogen and oxygen atoms in total. The molecule has 8 heteroatoms. The van der Waals surface area contributed by atoms with Gasteiger partial charge in [-0.3, -0.25) is 9.89 Å². The van der Waals surface area contributed by atoms with E-state index in [1.165, 1.54) is 6.42 Å². The SMILES string of the molecule is CCNC(=NCCCCN1CCOCC1)NC1CCN(c2cc(Cl)ccc2OC)C1.